The van der Waals surface area contributed by atoms with Gasteiger partial charge in [-0.05, 0) is 43.5 Å². The second-order valence-electron chi connectivity index (χ2n) is 5.01. The van der Waals surface area contributed by atoms with Crippen LogP contribution in [-0.2, 0) is 4.79 Å². The van der Waals surface area contributed by atoms with Crippen LogP contribution in [0, 0.1) is 5.92 Å². The number of rotatable bonds is 9. The molecule has 0 spiro atoms. The van der Waals surface area contributed by atoms with Crippen LogP contribution in [-0.4, -0.2) is 30.1 Å². The van der Waals surface area contributed by atoms with E-state index in [-0.39, 0.29) is 11.8 Å². The van der Waals surface area contributed by atoms with Gasteiger partial charge in [0.1, 0.15) is 5.75 Å². The quantitative estimate of drug-likeness (QED) is 0.686. The first-order valence-corrected chi connectivity index (χ1v) is 7.28. The summed E-state index contributed by atoms with van der Waals surface area (Å²) in [6, 6.07) is 6.99. The third-order valence-corrected chi connectivity index (χ3v) is 3.11. The second kappa shape index (κ2) is 9.00. The van der Waals surface area contributed by atoms with Crippen molar-refractivity contribution in [3.63, 3.8) is 0 Å². The number of amides is 1. The van der Waals surface area contributed by atoms with Crippen LogP contribution in [0.1, 0.15) is 43.5 Å². The fourth-order valence-electron chi connectivity index (χ4n) is 1.76. The van der Waals surface area contributed by atoms with Crippen LogP contribution in [0.4, 0.5) is 0 Å². The van der Waals surface area contributed by atoms with Gasteiger partial charge in [-0.25, -0.2) is 0 Å². The first-order chi connectivity index (χ1) is 10.0. The van der Waals surface area contributed by atoms with Gasteiger partial charge in [0.2, 0.25) is 0 Å². The zero-order valence-corrected chi connectivity index (χ0v) is 12.6. The third kappa shape index (κ3) is 6.29. The van der Waals surface area contributed by atoms with Crippen molar-refractivity contribution >= 4 is 11.9 Å². The van der Waals surface area contributed by atoms with Gasteiger partial charge in [-0.1, -0.05) is 13.8 Å². The van der Waals surface area contributed by atoms with Crippen LogP contribution in [0.2, 0.25) is 0 Å². The molecule has 0 saturated carbocycles. The van der Waals surface area contributed by atoms with E-state index in [0.29, 0.717) is 31.6 Å². The Morgan fingerprint density at radius 3 is 2.52 bits per heavy atom. The molecule has 1 aromatic carbocycles. The molecule has 1 aromatic rings. The van der Waals surface area contributed by atoms with E-state index in [0.717, 1.165) is 12.2 Å². The summed E-state index contributed by atoms with van der Waals surface area (Å²) in [6.07, 6.45) is 2.15. The van der Waals surface area contributed by atoms with Crippen LogP contribution in [0.25, 0.3) is 0 Å². The van der Waals surface area contributed by atoms with E-state index in [1.165, 1.54) is 0 Å². The molecule has 0 saturated heterocycles. The molecule has 1 unspecified atom stereocenters. The van der Waals surface area contributed by atoms with Crippen molar-refractivity contribution in [2.75, 3.05) is 13.2 Å². The van der Waals surface area contributed by atoms with E-state index in [4.69, 9.17) is 9.84 Å². The van der Waals surface area contributed by atoms with Crippen molar-refractivity contribution in [3.8, 4) is 5.75 Å². The summed E-state index contributed by atoms with van der Waals surface area (Å²) in [4.78, 5) is 22.5. The highest BCUT2D eigenvalue weighted by atomic mass is 16.5. The van der Waals surface area contributed by atoms with Crippen molar-refractivity contribution in [3.05, 3.63) is 29.8 Å². The highest BCUT2D eigenvalue weighted by molar-refractivity contribution is 5.94. The van der Waals surface area contributed by atoms with Crippen LogP contribution in [0.5, 0.6) is 5.75 Å². The molecule has 0 aliphatic rings. The van der Waals surface area contributed by atoms with Crippen LogP contribution in [0.3, 0.4) is 0 Å². The Kier molecular flexibility index (Phi) is 7.29. The number of carboxylic acids is 1. The van der Waals surface area contributed by atoms with Crippen LogP contribution in [0.15, 0.2) is 24.3 Å². The minimum absolute atomic E-state index is 0.153. The zero-order chi connectivity index (χ0) is 15.7. The van der Waals surface area contributed by atoms with E-state index in [1.807, 2.05) is 6.92 Å². The number of aliphatic carboxylic acids is 1. The molecule has 1 atom stereocenters. The molecule has 0 aromatic heterocycles. The number of hydrogen-bond donors (Lipinski definition) is 2. The highest BCUT2D eigenvalue weighted by Gasteiger charge is 2.10. The predicted octanol–water partition coefficient (Wildman–Crippen LogP) is 2.71. The lowest BCUT2D eigenvalue weighted by atomic mass is 10.1. The van der Waals surface area contributed by atoms with E-state index < -0.39 is 5.97 Å². The molecule has 116 valence electrons. The van der Waals surface area contributed by atoms with Gasteiger partial charge in [-0.15, -0.1) is 0 Å². The lowest BCUT2D eigenvalue weighted by Crippen LogP contribution is -2.25. The van der Waals surface area contributed by atoms with E-state index >= 15 is 0 Å². The van der Waals surface area contributed by atoms with Crippen molar-refractivity contribution in [2.45, 2.75) is 33.1 Å². The number of benzene rings is 1. The number of nitrogens with one attached hydrogen (secondary N) is 1. The smallest absolute Gasteiger partial charge is 0.306 e. The molecular weight excluding hydrogens is 270 g/mol. The summed E-state index contributed by atoms with van der Waals surface area (Å²) in [6.45, 7) is 4.84. The second-order valence-corrected chi connectivity index (χ2v) is 5.01. The Bertz CT molecular complexity index is 456. The number of carbonyl (C=O) groups is 2. The summed E-state index contributed by atoms with van der Waals surface area (Å²) in [5, 5.41) is 11.5. The normalized spacial score (nSPS) is 11.7. The molecule has 0 fully saturated rings. The zero-order valence-electron chi connectivity index (χ0n) is 12.6. The number of carboxylic acid groups (broad SMARTS) is 1. The fourth-order valence-corrected chi connectivity index (χ4v) is 1.76. The van der Waals surface area contributed by atoms with Gasteiger partial charge in [0.05, 0.1) is 12.5 Å². The van der Waals surface area contributed by atoms with Crippen molar-refractivity contribution in [1.82, 2.24) is 5.32 Å². The Hall–Kier alpha value is -2.04. The molecule has 5 heteroatoms. The Balaban J connectivity index is 2.33. The lowest BCUT2D eigenvalue weighted by Gasteiger charge is -2.08. The maximum atomic E-state index is 11.9. The highest BCUT2D eigenvalue weighted by Crippen LogP contribution is 2.12. The SMILES string of the molecule is CCCOc1ccc(C(=O)NCCCC(C)C(=O)O)cc1. The maximum absolute atomic E-state index is 11.9. The molecule has 0 heterocycles. The number of carbonyl (C=O) groups excluding carboxylic acids is 1. The van der Waals surface area contributed by atoms with Gasteiger partial charge in [-0.2, -0.15) is 0 Å². The Labute approximate surface area is 125 Å². The molecule has 1 rings (SSSR count). The van der Waals surface area contributed by atoms with E-state index in [2.05, 4.69) is 5.32 Å². The third-order valence-electron chi connectivity index (χ3n) is 3.11. The van der Waals surface area contributed by atoms with E-state index in [9.17, 15) is 9.59 Å². The van der Waals surface area contributed by atoms with Gasteiger partial charge >= 0.3 is 5.97 Å². The Morgan fingerprint density at radius 2 is 1.95 bits per heavy atom. The van der Waals surface area contributed by atoms with Gasteiger partial charge in [-0.3, -0.25) is 9.59 Å². The van der Waals surface area contributed by atoms with Crippen LogP contribution < -0.4 is 10.1 Å². The molecule has 2 N–H and O–H groups in total. The van der Waals surface area contributed by atoms with Crippen LogP contribution >= 0.6 is 0 Å². The molecule has 5 nitrogen and oxygen atoms in total. The summed E-state index contributed by atoms with van der Waals surface area (Å²) < 4.78 is 5.45. The fraction of sp³-hybridized carbons (Fsp3) is 0.500. The maximum Gasteiger partial charge on any atom is 0.306 e. The van der Waals surface area contributed by atoms with E-state index in [1.54, 1.807) is 31.2 Å². The summed E-state index contributed by atoms with van der Waals surface area (Å²) >= 11 is 0. The summed E-state index contributed by atoms with van der Waals surface area (Å²) in [5.41, 5.74) is 0.574. The first-order valence-electron chi connectivity index (χ1n) is 7.28. The average molecular weight is 293 g/mol. The monoisotopic (exact) mass is 293 g/mol. The molecule has 21 heavy (non-hydrogen) atoms. The van der Waals surface area contributed by atoms with Gasteiger partial charge in [0, 0.05) is 12.1 Å². The molecular formula is C16H23NO4. The largest absolute Gasteiger partial charge is 0.494 e. The average Bonchev–Trinajstić information content (AvgIpc) is 2.49. The molecule has 1 amide bonds. The van der Waals surface area contributed by atoms with Gasteiger partial charge in [0.15, 0.2) is 0 Å². The topological polar surface area (TPSA) is 75.6 Å². The molecule has 0 bridgehead atoms. The lowest BCUT2D eigenvalue weighted by molar-refractivity contribution is -0.141. The van der Waals surface area contributed by atoms with Crippen molar-refractivity contribution in [2.24, 2.45) is 5.92 Å². The predicted molar refractivity (Wildman–Crippen MR) is 80.6 cm³/mol. The first kappa shape index (κ1) is 17.0. The van der Waals surface area contributed by atoms with Crippen molar-refractivity contribution in [1.29, 1.82) is 0 Å². The Morgan fingerprint density at radius 1 is 1.29 bits per heavy atom. The number of hydrogen-bond acceptors (Lipinski definition) is 3. The number of ether oxygens (including phenoxy) is 1. The minimum Gasteiger partial charge on any atom is -0.494 e. The minimum atomic E-state index is -0.802. The molecule has 0 aliphatic carbocycles. The van der Waals surface area contributed by atoms with Gasteiger partial charge in [0.25, 0.3) is 5.91 Å². The van der Waals surface area contributed by atoms with Crippen molar-refractivity contribution < 1.29 is 19.4 Å². The van der Waals surface area contributed by atoms with Gasteiger partial charge < -0.3 is 15.2 Å². The standard InChI is InChI=1S/C16H23NO4/c1-3-11-21-14-8-6-13(7-9-14)15(18)17-10-4-5-12(2)16(19)20/h6-9,12H,3-5,10-11H2,1-2H3,(H,17,18)(H,19,20). The molecule has 0 radical (unpaired) electrons. The molecule has 0 aliphatic heterocycles. The summed E-state index contributed by atoms with van der Waals surface area (Å²) in [7, 11) is 0. The summed E-state index contributed by atoms with van der Waals surface area (Å²) in [5.74, 6) is -0.579.